The zero-order chi connectivity index (χ0) is 15.5. The molecular formula is C19H21BrN2. The minimum Gasteiger partial charge on any atom is -0.371 e. The average molecular weight is 357 g/mol. The molecule has 0 N–H and O–H groups in total. The maximum absolute atomic E-state index is 4.60. The number of halogens is 1. The van der Waals surface area contributed by atoms with Gasteiger partial charge in [0.25, 0.3) is 0 Å². The molecule has 0 atom stereocenters. The Bertz CT molecular complexity index is 701. The molecule has 1 aliphatic rings. The van der Waals surface area contributed by atoms with Crippen molar-refractivity contribution in [1.29, 1.82) is 0 Å². The fourth-order valence-corrected chi connectivity index (χ4v) is 3.53. The standard InChI is InChI=1S/C19H21BrN2/c1-14-5-7-18(17(20)11-14)21-13-16-6-8-19(15(2)12-16)22-9-3-4-10-22/h5-8,11-13H,3-4,9-10H2,1-2H3. The molecule has 3 heteroatoms. The van der Waals surface area contributed by atoms with E-state index in [2.05, 4.69) is 70.0 Å². The lowest BCUT2D eigenvalue weighted by molar-refractivity contribution is 0.949. The third-order valence-corrected chi connectivity index (χ3v) is 4.76. The number of benzene rings is 2. The highest BCUT2D eigenvalue weighted by atomic mass is 79.9. The molecule has 0 saturated carbocycles. The van der Waals surface area contributed by atoms with Crippen LogP contribution >= 0.6 is 15.9 Å². The van der Waals surface area contributed by atoms with Crippen molar-refractivity contribution in [3.63, 3.8) is 0 Å². The predicted molar refractivity (Wildman–Crippen MR) is 98.8 cm³/mol. The van der Waals surface area contributed by atoms with E-state index in [0.29, 0.717) is 0 Å². The van der Waals surface area contributed by atoms with Crippen molar-refractivity contribution in [1.82, 2.24) is 0 Å². The third-order valence-electron chi connectivity index (χ3n) is 4.12. The summed E-state index contributed by atoms with van der Waals surface area (Å²) in [6.45, 7) is 6.64. The van der Waals surface area contributed by atoms with Gasteiger partial charge >= 0.3 is 0 Å². The molecule has 2 aromatic rings. The van der Waals surface area contributed by atoms with Crippen LogP contribution in [0.3, 0.4) is 0 Å². The molecule has 0 spiro atoms. The van der Waals surface area contributed by atoms with E-state index in [9.17, 15) is 0 Å². The van der Waals surface area contributed by atoms with Gasteiger partial charge in [-0.25, -0.2) is 0 Å². The number of anilines is 1. The summed E-state index contributed by atoms with van der Waals surface area (Å²) in [5.74, 6) is 0. The topological polar surface area (TPSA) is 15.6 Å². The van der Waals surface area contributed by atoms with E-state index < -0.39 is 0 Å². The summed E-state index contributed by atoms with van der Waals surface area (Å²) in [6, 6.07) is 12.8. The van der Waals surface area contributed by atoms with Crippen LogP contribution in [0.1, 0.15) is 29.5 Å². The van der Waals surface area contributed by atoms with Crippen molar-refractivity contribution < 1.29 is 0 Å². The van der Waals surface area contributed by atoms with Gasteiger partial charge < -0.3 is 4.90 Å². The van der Waals surface area contributed by atoms with E-state index in [0.717, 1.165) is 15.7 Å². The number of nitrogens with zero attached hydrogens (tertiary/aromatic N) is 2. The van der Waals surface area contributed by atoms with E-state index in [1.54, 1.807) is 0 Å². The molecule has 0 aromatic heterocycles. The van der Waals surface area contributed by atoms with Gasteiger partial charge in [0, 0.05) is 29.5 Å². The SMILES string of the molecule is Cc1ccc(N=Cc2ccc(N3CCCC3)c(C)c2)c(Br)c1. The van der Waals surface area contributed by atoms with Gasteiger partial charge in [-0.15, -0.1) is 0 Å². The number of aliphatic imine (C=N–C) groups is 1. The minimum atomic E-state index is 0.965. The summed E-state index contributed by atoms with van der Waals surface area (Å²) in [4.78, 5) is 7.08. The highest BCUT2D eigenvalue weighted by Crippen LogP contribution is 2.27. The molecule has 1 heterocycles. The summed E-state index contributed by atoms with van der Waals surface area (Å²) >= 11 is 3.57. The number of hydrogen-bond donors (Lipinski definition) is 0. The van der Waals surface area contributed by atoms with Gasteiger partial charge in [-0.1, -0.05) is 12.1 Å². The van der Waals surface area contributed by atoms with Crippen molar-refractivity contribution in [3.05, 3.63) is 57.6 Å². The molecule has 3 rings (SSSR count). The molecule has 0 bridgehead atoms. The van der Waals surface area contributed by atoms with Gasteiger partial charge in [0.2, 0.25) is 0 Å². The second-order valence-electron chi connectivity index (χ2n) is 5.95. The van der Waals surface area contributed by atoms with Crippen LogP contribution in [0.2, 0.25) is 0 Å². The van der Waals surface area contributed by atoms with Gasteiger partial charge in [0.15, 0.2) is 0 Å². The molecule has 1 aliphatic heterocycles. The Morgan fingerprint density at radius 3 is 2.50 bits per heavy atom. The monoisotopic (exact) mass is 356 g/mol. The Kier molecular flexibility index (Phi) is 4.63. The lowest BCUT2D eigenvalue weighted by Crippen LogP contribution is -2.18. The quantitative estimate of drug-likeness (QED) is 0.670. The van der Waals surface area contributed by atoms with Gasteiger partial charge in [-0.2, -0.15) is 0 Å². The van der Waals surface area contributed by atoms with Crippen molar-refractivity contribution >= 4 is 33.5 Å². The van der Waals surface area contributed by atoms with Crippen LogP contribution in [0.4, 0.5) is 11.4 Å². The zero-order valence-electron chi connectivity index (χ0n) is 13.1. The second kappa shape index (κ2) is 6.66. The smallest absolute Gasteiger partial charge is 0.0772 e. The molecule has 0 radical (unpaired) electrons. The third kappa shape index (κ3) is 3.41. The maximum atomic E-state index is 4.60. The van der Waals surface area contributed by atoms with Crippen LogP contribution in [0, 0.1) is 13.8 Å². The van der Waals surface area contributed by atoms with Crippen LogP contribution in [0.15, 0.2) is 45.9 Å². The van der Waals surface area contributed by atoms with Crippen molar-refractivity contribution in [2.24, 2.45) is 4.99 Å². The molecule has 2 aromatic carbocycles. The van der Waals surface area contributed by atoms with Crippen molar-refractivity contribution in [2.75, 3.05) is 18.0 Å². The first-order valence-corrected chi connectivity index (χ1v) is 8.58. The van der Waals surface area contributed by atoms with Crippen LogP contribution in [-0.2, 0) is 0 Å². The first-order chi connectivity index (χ1) is 10.6. The van der Waals surface area contributed by atoms with Crippen LogP contribution < -0.4 is 4.90 Å². The lowest BCUT2D eigenvalue weighted by atomic mass is 10.1. The van der Waals surface area contributed by atoms with Gasteiger partial charge in [-0.05, 0) is 83.6 Å². The Labute approximate surface area is 141 Å². The van der Waals surface area contributed by atoms with E-state index >= 15 is 0 Å². The Morgan fingerprint density at radius 1 is 1.05 bits per heavy atom. The summed E-state index contributed by atoms with van der Waals surface area (Å²) in [7, 11) is 0. The lowest BCUT2D eigenvalue weighted by Gasteiger charge is -2.20. The van der Waals surface area contributed by atoms with Gasteiger partial charge in [0.05, 0.1) is 5.69 Å². The van der Waals surface area contributed by atoms with E-state index in [1.807, 2.05) is 12.3 Å². The maximum Gasteiger partial charge on any atom is 0.0772 e. The highest BCUT2D eigenvalue weighted by Gasteiger charge is 2.13. The normalized spacial score (nSPS) is 15.0. The average Bonchev–Trinajstić information content (AvgIpc) is 3.00. The van der Waals surface area contributed by atoms with Crippen LogP contribution in [0.5, 0.6) is 0 Å². The first kappa shape index (κ1) is 15.3. The van der Waals surface area contributed by atoms with Crippen molar-refractivity contribution in [3.8, 4) is 0 Å². The van der Waals surface area contributed by atoms with Crippen LogP contribution in [0.25, 0.3) is 0 Å². The molecule has 1 fully saturated rings. The fourth-order valence-electron chi connectivity index (χ4n) is 2.93. The molecule has 0 aliphatic carbocycles. The van der Waals surface area contributed by atoms with Gasteiger partial charge in [0.1, 0.15) is 0 Å². The minimum absolute atomic E-state index is 0.965. The molecule has 1 saturated heterocycles. The molecule has 114 valence electrons. The summed E-state index contributed by atoms with van der Waals surface area (Å²) in [5.41, 5.74) is 6.04. The van der Waals surface area contributed by atoms with E-state index in [4.69, 9.17) is 0 Å². The second-order valence-corrected chi connectivity index (χ2v) is 6.81. The zero-order valence-corrected chi connectivity index (χ0v) is 14.7. The molecule has 22 heavy (non-hydrogen) atoms. The first-order valence-electron chi connectivity index (χ1n) is 7.79. The van der Waals surface area contributed by atoms with Gasteiger partial charge in [-0.3, -0.25) is 4.99 Å². The molecular weight excluding hydrogens is 336 g/mol. The largest absolute Gasteiger partial charge is 0.371 e. The summed E-state index contributed by atoms with van der Waals surface area (Å²) < 4.78 is 1.04. The number of aryl methyl sites for hydroxylation is 2. The fraction of sp³-hybridized carbons (Fsp3) is 0.316. The molecule has 0 amide bonds. The Balaban J connectivity index is 1.80. The number of hydrogen-bond acceptors (Lipinski definition) is 2. The molecule has 2 nitrogen and oxygen atoms in total. The van der Waals surface area contributed by atoms with E-state index in [1.165, 1.54) is 42.7 Å². The van der Waals surface area contributed by atoms with E-state index in [-0.39, 0.29) is 0 Å². The number of rotatable bonds is 3. The highest BCUT2D eigenvalue weighted by molar-refractivity contribution is 9.10. The Morgan fingerprint density at radius 2 is 1.82 bits per heavy atom. The van der Waals surface area contributed by atoms with Crippen molar-refractivity contribution in [2.45, 2.75) is 26.7 Å². The predicted octanol–water partition coefficient (Wildman–Crippen LogP) is 5.42. The molecule has 0 unspecified atom stereocenters. The summed E-state index contributed by atoms with van der Waals surface area (Å²) in [5, 5.41) is 0. The summed E-state index contributed by atoms with van der Waals surface area (Å²) in [6.07, 6.45) is 4.56. The Hall–Kier alpha value is -1.61. The van der Waals surface area contributed by atoms with Crippen LogP contribution in [-0.4, -0.2) is 19.3 Å².